The van der Waals surface area contributed by atoms with Crippen molar-refractivity contribution in [2.24, 2.45) is 5.92 Å². The molecule has 0 spiro atoms. The summed E-state index contributed by atoms with van der Waals surface area (Å²) in [6.07, 6.45) is 3.71. The van der Waals surface area contributed by atoms with Gasteiger partial charge in [0.05, 0.1) is 5.92 Å². The van der Waals surface area contributed by atoms with Crippen LogP contribution in [0.3, 0.4) is 0 Å². The van der Waals surface area contributed by atoms with E-state index in [2.05, 4.69) is 0 Å². The first-order valence-corrected chi connectivity index (χ1v) is 4.02. The third-order valence-electron chi connectivity index (χ3n) is 2.00. The molecular formula is C7H11ClInO2. The molecule has 1 saturated carbocycles. The number of carboxylic acid groups (broad SMARTS) is 1. The minimum atomic E-state index is -0.736. The molecule has 0 heterocycles. The molecular weight excluding hydrogens is 266 g/mol. The van der Waals surface area contributed by atoms with E-state index < -0.39 is 5.97 Å². The summed E-state index contributed by atoms with van der Waals surface area (Å²) < 4.78 is 0. The zero-order valence-corrected chi connectivity index (χ0v) is 10.3. The second kappa shape index (κ2) is 5.31. The molecule has 4 heteroatoms. The summed E-state index contributed by atoms with van der Waals surface area (Å²) in [4.78, 5) is 10.5. The summed E-state index contributed by atoms with van der Waals surface area (Å²) in [6, 6.07) is 0. The van der Waals surface area contributed by atoms with Gasteiger partial charge in [0.25, 0.3) is 0 Å². The molecule has 2 nitrogen and oxygen atoms in total. The molecule has 1 N–H and O–H groups in total. The number of alkyl halides is 1. The van der Waals surface area contributed by atoms with Crippen molar-refractivity contribution in [1.82, 2.24) is 0 Å². The van der Waals surface area contributed by atoms with E-state index in [0.29, 0.717) is 0 Å². The molecule has 11 heavy (non-hydrogen) atoms. The van der Waals surface area contributed by atoms with Gasteiger partial charge in [-0.15, -0.1) is 11.6 Å². The Balaban J connectivity index is 0.000001000. The maximum absolute atomic E-state index is 10.5. The first-order chi connectivity index (χ1) is 4.72. The molecule has 2 unspecified atom stereocenters. The fourth-order valence-corrected chi connectivity index (χ4v) is 1.75. The van der Waals surface area contributed by atoms with Gasteiger partial charge in [0, 0.05) is 31.2 Å². The molecule has 1 aliphatic carbocycles. The van der Waals surface area contributed by atoms with Crippen LogP contribution in [0, 0.1) is 5.92 Å². The van der Waals surface area contributed by atoms with Crippen molar-refractivity contribution in [3.63, 3.8) is 0 Å². The standard InChI is InChI=1S/C7H11ClO2.In/c8-6-4-2-1-3-5(6)7(9)10;/h5-6H,1-4H2,(H,9,10);. The van der Waals surface area contributed by atoms with Crippen molar-refractivity contribution in [2.75, 3.05) is 0 Å². The number of hydrogen-bond acceptors (Lipinski definition) is 1. The van der Waals surface area contributed by atoms with Crippen LogP contribution in [0.1, 0.15) is 25.7 Å². The second-order valence-corrected chi connectivity index (χ2v) is 3.31. The fourth-order valence-electron chi connectivity index (χ4n) is 1.36. The Morgan fingerprint density at radius 2 is 1.91 bits per heavy atom. The molecule has 3 radical (unpaired) electrons. The van der Waals surface area contributed by atoms with Crippen LogP contribution >= 0.6 is 11.6 Å². The van der Waals surface area contributed by atoms with Crippen LogP contribution in [-0.4, -0.2) is 42.3 Å². The Bertz CT molecular complexity index is 140. The van der Waals surface area contributed by atoms with E-state index in [1.54, 1.807) is 0 Å². The Morgan fingerprint density at radius 1 is 1.36 bits per heavy atom. The van der Waals surface area contributed by atoms with Crippen LogP contribution in [0.25, 0.3) is 0 Å². The van der Waals surface area contributed by atoms with Crippen LogP contribution in [0.5, 0.6) is 0 Å². The Kier molecular flexibility index (Phi) is 5.61. The number of hydrogen-bond donors (Lipinski definition) is 1. The van der Waals surface area contributed by atoms with Gasteiger partial charge in [-0.05, 0) is 12.8 Å². The van der Waals surface area contributed by atoms with E-state index in [1.165, 1.54) is 0 Å². The van der Waals surface area contributed by atoms with E-state index in [-0.39, 0.29) is 37.1 Å². The molecule has 1 rings (SSSR count). The molecule has 2 atom stereocenters. The van der Waals surface area contributed by atoms with E-state index in [4.69, 9.17) is 16.7 Å². The summed E-state index contributed by atoms with van der Waals surface area (Å²) in [5.74, 6) is -1.03. The number of halogens is 1. The Labute approximate surface area is 90.1 Å². The third-order valence-corrected chi connectivity index (χ3v) is 2.52. The monoisotopic (exact) mass is 277 g/mol. The molecule has 0 aromatic heterocycles. The molecule has 0 amide bonds. The van der Waals surface area contributed by atoms with Crippen LogP contribution in [0.4, 0.5) is 0 Å². The summed E-state index contributed by atoms with van der Waals surface area (Å²) in [7, 11) is 0. The number of carbonyl (C=O) groups is 1. The van der Waals surface area contributed by atoms with Crippen molar-refractivity contribution in [1.29, 1.82) is 0 Å². The molecule has 0 aromatic rings. The van der Waals surface area contributed by atoms with Crippen LogP contribution < -0.4 is 0 Å². The van der Waals surface area contributed by atoms with Gasteiger partial charge in [0.15, 0.2) is 0 Å². The predicted molar refractivity (Wildman–Crippen MR) is 45.0 cm³/mol. The Morgan fingerprint density at radius 3 is 2.27 bits per heavy atom. The van der Waals surface area contributed by atoms with Gasteiger partial charge in [-0.2, -0.15) is 0 Å². The van der Waals surface area contributed by atoms with E-state index in [9.17, 15) is 4.79 Å². The average Bonchev–Trinajstić information content (AvgIpc) is 1.88. The summed E-state index contributed by atoms with van der Waals surface area (Å²) >= 11 is 5.80. The predicted octanol–water partition coefficient (Wildman–Crippen LogP) is 1.49. The smallest absolute Gasteiger partial charge is 0.307 e. The van der Waals surface area contributed by atoms with Gasteiger partial charge in [-0.1, -0.05) is 12.8 Å². The summed E-state index contributed by atoms with van der Waals surface area (Å²) in [5.41, 5.74) is 0. The van der Waals surface area contributed by atoms with E-state index in [1.807, 2.05) is 0 Å². The Hall–Kier alpha value is 0.630. The number of rotatable bonds is 1. The minimum absolute atomic E-state index is 0. The first kappa shape index (κ1) is 11.6. The number of aliphatic carboxylic acids is 1. The maximum Gasteiger partial charge on any atom is 0.307 e. The summed E-state index contributed by atoms with van der Waals surface area (Å²) in [5, 5.41) is 8.49. The van der Waals surface area contributed by atoms with Crippen molar-refractivity contribution in [3.05, 3.63) is 0 Å². The number of carboxylic acids is 1. The fraction of sp³-hybridized carbons (Fsp3) is 0.857. The van der Waals surface area contributed by atoms with E-state index in [0.717, 1.165) is 25.7 Å². The molecule has 61 valence electrons. The summed E-state index contributed by atoms with van der Waals surface area (Å²) in [6.45, 7) is 0. The van der Waals surface area contributed by atoms with Gasteiger partial charge in [-0.25, -0.2) is 0 Å². The molecule has 0 aromatic carbocycles. The average molecular weight is 277 g/mol. The van der Waals surface area contributed by atoms with E-state index >= 15 is 0 Å². The topological polar surface area (TPSA) is 37.3 Å². The van der Waals surface area contributed by atoms with Crippen molar-refractivity contribution in [2.45, 2.75) is 31.1 Å². The van der Waals surface area contributed by atoms with Crippen LogP contribution in [0.15, 0.2) is 0 Å². The van der Waals surface area contributed by atoms with Gasteiger partial charge >= 0.3 is 5.97 Å². The zero-order chi connectivity index (χ0) is 7.56. The van der Waals surface area contributed by atoms with Crippen LogP contribution in [0.2, 0.25) is 0 Å². The first-order valence-electron chi connectivity index (χ1n) is 3.58. The quantitative estimate of drug-likeness (QED) is 0.737. The van der Waals surface area contributed by atoms with Crippen LogP contribution in [-0.2, 0) is 4.79 Å². The minimum Gasteiger partial charge on any atom is -0.481 e. The molecule has 0 aliphatic heterocycles. The zero-order valence-electron chi connectivity index (χ0n) is 6.29. The van der Waals surface area contributed by atoms with Gasteiger partial charge in [-0.3, -0.25) is 4.79 Å². The molecule has 1 aliphatic rings. The van der Waals surface area contributed by atoms with Crippen molar-refractivity contribution < 1.29 is 9.90 Å². The SMILES string of the molecule is O=C(O)C1CCCCC1Cl.[In]. The van der Waals surface area contributed by atoms with Crippen molar-refractivity contribution >= 4 is 43.4 Å². The second-order valence-electron chi connectivity index (χ2n) is 2.75. The van der Waals surface area contributed by atoms with Gasteiger partial charge < -0.3 is 5.11 Å². The normalized spacial score (nSPS) is 30.6. The third kappa shape index (κ3) is 3.24. The van der Waals surface area contributed by atoms with Gasteiger partial charge in [0.1, 0.15) is 0 Å². The molecule has 0 bridgehead atoms. The molecule has 1 fully saturated rings. The van der Waals surface area contributed by atoms with Crippen molar-refractivity contribution in [3.8, 4) is 0 Å². The largest absolute Gasteiger partial charge is 0.481 e. The molecule has 0 saturated heterocycles. The maximum atomic E-state index is 10.5. The van der Waals surface area contributed by atoms with Gasteiger partial charge in [0.2, 0.25) is 0 Å².